The molecule has 1 fully saturated rings. The predicted molar refractivity (Wildman–Crippen MR) is 108 cm³/mol. The molecule has 3 rings (SSSR count). The second kappa shape index (κ2) is 10.8. The Morgan fingerprint density at radius 3 is 2.63 bits per heavy atom. The number of ether oxygens (including phenoxy) is 2. The molecule has 35 heavy (non-hydrogen) atoms. The van der Waals surface area contributed by atoms with E-state index in [1.807, 2.05) is 0 Å². The lowest BCUT2D eigenvalue weighted by atomic mass is 10.1. The zero-order valence-corrected chi connectivity index (χ0v) is 17.7. The summed E-state index contributed by atoms with van der Waals surface area (Å²) in [5.74, 6) is -3.71. The highest BCUT2D eigenvalue weighted by molar-refractivity contribution is 5.99. The summed E-state index contributed by atoms with van der Waals surface area (Å²) in [5.41, 5.74) is 0.474. The standard InChI is InChI=1S/C20H19F5N4O6/c21-19(22,23)18(32)35-29(16-11-33-20(24,25)34-16)17(31)13-3-1-2-4-14(13)28-10-12-5-6-26-15(9-12)27-7-8-30/h1-6,9,16,28,30H,7-8,10-11H2,(H,26,27). The van der Waals surface area contributed by atoms with Gasteiger partial charge in [-0.25, -0.2) is 9.78 Å². The molecule has 3 N–H and O–H groups in total. The zero-order valence-electron chi connectivity index (χ0n) is 17.7. The van der Waals surface area contributed by atoms with Crippen LogP contribution in [0.15, 0.2) is 42.6 Å². The van der Waals surface area contributed by atoms with Crippen LogP contribution in [-0.4, -0.2) is 65.5 Å². The molecule has 2 heterocycles. The number of hydrogen-bond acceptors (Lipinski definition) is 9. The summed E-state index contributed by atoms with van der Waals surface area (Å²) in [4.78, 5) is 32.6. The Kier molecular flexibility index (Phi) is 8.03. The molecule has 1 aliphatic rings. The van der Waals surface area contributed by atoms with Crippen LogP contribution in [-0.2, 0) is 25.7 Å². The number of halogens is 5. The molecule has 1 atom stereocenters. The van der Waals surface area contributed by atoms with Gasteiger partial charge in [0.2, 0.25) is 6.23 Å². The number of alkyl halides is 5. The van der Waals surface area contributed by atoms with Gasteiger partial charge in [-0.1, -0.05) is 12.1 Å². The van der Waals surface area contributed by atoms with Gasteiger partial charge < -0.3 is 20.6 Å². The molecule has 0 aliphatic carbocycles. The maximum atomic E-state index is 13.3. The van der Waals surface area contributed by atoms with E-state index in [4.69, 9.17) is 5.11 Å². The van der Waals surface area contributed by atoms with E-state index in [1.165, 1.54) is 30.5 Å². The van der Waals surface area contributed by atoms with Gasteiger partial charge in [0.25, 0.3) is 5.91 Å². The lowest BCUT2D eigenvalue weighted by molar-refractivity contribution is -0.361. The summed E-state index contributed by atoms with van der Waals surface area (Å²) >= 11 is 0. The molecule has 0 spiro atoms. The van der Waals surface area contributed by atoms with E-state index < -0.39 is 37.2 Å². The molecule has 190 valence electrons. The smallest absolute Gasteiger partial charge is 0.395 e. The van der Waals surface area contributed by atoms with Gasteiger partial charge in [0.05, 0.1) is 12.2 Å². The van der Waals surface area contributed by atoms with Crippen LogP contribution >= 0.6 is 0 Å². The van der Waals surface area contributed by atoms with E-state index in [9.17, 15) is 31.5 Å². The van der Waals surface area contributed by atoms with Crippen molar-refractivity contribution >= 4 is 23.4 Å². The second-order valence-electron chi connectivity index (χ2n) is 6.95. The number of amides is 1. The van der Waals surface area contributed by atoms with E-state index >= 15 is 0 Å². The number of anilines is 2. The van der Waals surface area contributed by atoms with Gasteiger partial charge >= 0.3 is 18.4 Å². The Morgan fingerprint density at radius 2 is 1.97 bits per heavy atom. The molecule has 2 aromatic rings. The second-order valence-corrected chi connectivity index (χ2v) is 6.95. The maximum absolute atomic E-state index is 13.3. The molecular weight excluding hydrogens is 487 g/mol. The van der Waals surface area contributed by atoms with Gasteiger partial charge in [-0.05, 0) is 29.8 Å². The fraction of sp³-hybridized carbons (Fsp3) is 0.350. The fourth-order valence-corrected chi connectivity index (χ4v) is 2.89. The summed E-state index contributed by atoms with van der Waals surface area (Å²) < 4.78 is 73.0. The first-order chi connectivity index (χ1) is 16.5. The molecule has 1 unspecified atom stereocenters. The van der Waals surface area contributed by atoms with E-state index in [0.717, 1.165) is 0 Å². The minimum Gasteiger partial charge on any atom is -0.395 e. The Balaban J connectivity index is 1.82. The van der Waals surface area contributed by atoms with Crippen LogP contribution in [0.2, 0.25) is 0 Å². The molecule has 1 aromatic carbocycles. The number of nitrogens with zero attached hydrogens (tertiary/aromatic N) is 2. The number of nitrogens with one attached hydrogen (secondary N) is 2. The first kappa shape index (κ1) is 26.1. The van der Waals surface area contributed by atoms with Crippen LogP contribution in [0.4, 0.5) is 33.5 Å². The first-order valence-corrected chi connectivity index (χ1v) is 9.95. The minimum absolute atomic E-state index is 0.0953. The lowest BCUT2D eigenvalue weighted by Crippen LogP contribution is -2.46. The number of pyridine rings is 1. The SMILES string of the molecule is O=C(c1ccccc1NCc1ccnc(NCCO)c1)N(OC(=O)C(F)(F)F)C1COC(F)(F)O1. The van der Waals surface area contributed by atoms with Crippen molar-refractivity contribution in [2.45, 2.75) is 25.2 Å². The van der Waals surface area contributed by atoms with E-state index in [0.29, 0.717) is 11.4 Å². The molecule has 0 radical (unpaired) electrons. The van der Waals surface area contributed by atoms with Crippen LogP contribution in [0, 0.1) is 0 Å². The highest BCUT2D eigenvalue weighted by Crippen LogP contribution is 2.31. The fourth-order valence-electron chi connectivity index (χ4n) is 2.89. The number of rotatable bonds is 8. The van der Waals surface area contributed by atoms with Crippen molar-refractivity contribution in [3.8, 4) is 0 Å². The van der Waals surface area contributed by atoms with Gasteiger partial charge in [-0.2, -0.15) is 13.2 Å². The summed E-state index contributed by atoms with van der Waals surface area (Å²) in [5, 5.41) is 14.4. The van der Waals surface area contributed by atoms with Crippen molar-refractivity contribution in [2.75, 3.05) is 30.4 Å². The third-order valence-corrected chi connectivity index (χ3v) is 4.42. The van der Waals surface area contributed by atoms with Crippen molar-refractivity contribution in [1.29, 1.82) is 0 Å². The number of aromatic nitrogens is 1. The van der Waals surface area contributed by atoms with Crippen LogP contribution in [0.5, 0.6) is 0 Å². The van der Waals surface area contributed by atoms with Crippen LogP contribution < -0.4 is 10.6 Å². The number of aliphatic hydroxyl groups excluding tert-OH is 1. The average Bonchev–Trinajstić information content (AvgIpc) is 3.18. The lowest BCUT2D eigenvalue weighted by Gasteiger charge is -2.26. The van der Waals surface area contributed by atoms with Crippen molar-refractivity contribution in [3.05, 3.63) is 53.7 Å². The van der Waals surface area contributed by atoms with Crippen molar-refractivity contribution in [1.82, 2.24) is 10.0 Å². The maximum Gasteiger partial charge on any atom is 0.493 e. The number of para-hydroxylation sites is 1. The summed E-state index contributed by atoms with van der Waals surface area (Å²) in [6.07, 6.45) is -10.4. The Hall–Kier alpha value is -3.56. The number of carbonyl (C=O) groups excluding carboxylic acids is 2. The minimum atomic E-state index is -5.51. The molecule has 1 aromatic heterocycles. The third-order valence-electron chi connectivity index (χ3n) is 4.42. The first-order valence-electron chi connectivity index (χ1n) is 9.95. The van der Waals surface area contributed by atoms with Gasteiger partial charge in [0.1, 0.15) is 12.4 Å². The highest BCUT2D eigenvalue weighted by atomic mass is 19.4. The largest absolute Gasteiger partial charge is 0.493 e. The number of carbonyl (C=O) groups is 2. The van der Waals surface area contributed by atoms with Crippen LogP contribution in [0.3, 0.4) is 0 Å². The van der Waals surface area contributed by atoms with Crippen LogP contribution in [0.1, 0.15) is 15.9 Å². The number of hydroxylamine groups is 2. The molecule has 1 amide bonds. The van der Waals surface area contributed by atoms with Crippen LogP contribution in [0.25, 0.3) is 0 Å². The summed E-state index contributed by atoms with van der Waals surface area (Å²) in [6, 6.07) is 8.76. The van der Waals surface area contributed by atoms with Gasteiger partial charge in [0, 0.05) is 25.0 Å². The molecular formula is C20H19F5N4O6. The quantitative estimate of drug-likeness (QED) is 0.366. The average molecular weight is 506 g/mol. The number of hydrogen-bond donors (Lipinski definition) is 3. The molecule has 10 nitrogen and oxygen atoms in total. The molecule has 1 aliphatic heterocycles. The van der Waals surface area contributed by atoms with Crippen molar-refractivity contribution in [2.24, 2.45) is 0 Å². The molecule has 0 bridgehead atoms. The monoisotopic (exact) mass is 506 g/mol. The van der Waals surface area contributed by atoms with Gasteiger partial charge in [-0.3, -0.25) is 14.3 Å². The van der Waals surface area contributed by atoms with Crippen molar-refractivity contribution in [3.63, 3.8) is 0 Å². The molecule has 0 saturated carbocycles. The van der Waals surface area contributed by atoms with E-state index in [1.54, 1.807) is 12.1 Å². The number of benzene rings is 1. The number of aliphatic hydroxyl groups is 1. The highest BCUT2D eigenvalue weighted by Gasteiger charge is 2.51. The van der Waals surface area contributed by atoms with Crippen molar-refractivity contribution < 1.29 is 51.0 Å². The predicted octanol–water partition coefficient (Wildman–Crippen LogP) is 2.48. The zero-order chi connectivity index (χ0) is 25.6. The normalized spacial score (nSPS) is 17.0. The summed E-state index contributed by atoms with van der Waals surface area (Å²) in [6.45, 7) is -0.791. The van der Waals surface area contributed by atoms with E-state index in [2.05, 4.69) is 29.9 Å². The molecule has 1 saturated heterocycles. The molecule has 15 heteroatoms. The van der Waals surface area contributed by atoms with Gasteiger partial charge in [-0.15, -0.1) is 13.8 Å². The summed E-state index contributed by atoms with van der Waals surface area (Å²) in [7, 11) is 0. The Bertz CT molecular complexity index is 1050. The van der Waals surface area contributed by atoms with E-state index in [-0.39, 0.29) is 36.0 Å². The topological polar surface area (TPSA) is 122 Å². The Morgan fingerprint density at radius 1 is 1.23 bits per heavy atom. The third kappa shape index (κ3) is 6.97. The van der Waals surface area contributed by atoms with Gasteiger partial charge in [0.15, 0.2) is 0 Å². The Labute approximate surface area is 194 Å².